The van der Waals surface area contributed by atoms with Crippen LogP contribution in [0, 0.1) is 0 Å². The SMILES string of the molecule is c1ccc(-c2cccc(-c3nc(-c4cccc5oc6ccccc6c45)nc(-c4ccc(-n5c6cc7ccccc7cc6c6cc7ccccc7cc65)c5oc6ccccc6c45)n3)c2)cc1. The van der Waals surface area contributed by atoms with E-state index < -0.39 is 0 Å². The third-order valence-corrected chi connectivity index (χ3v) is 13.0. The molecule has 10 aromatic carbocycles. The van der Waals surface area contributed by atoms with Gasteiger partial charge < -0.3 is 13.4 Å². The summed E-state index contributed by atoms with van der Waals surface area (Å²) >= 11 is 0. The summed E-state index contributed by atoms with van der Waals surface area (Å²) in [4.78, 5) is 16.1. The Morgan fingerprint density at radius 3 is 1.52 bits per heavy atom. The zero-order chi connectivity index (χ0) is 42.6. The molecule has 6 nitrogen and oxygen atoms in total. The predicted octanol–water partition coefficient (Wildman–Crippen LogP) is 15.7. The molecule has 0 bridgehead atoms. The first kappa shape index (κ1) is 35.7. The first-order valence-corrected chi connectivity index (χ1v) is 21.8. The average molecular weight is 831 g/mol. The molecule has 0 aliphatic heterocycles. The van der Waals surface area contributed by atoms with Crippen molar-refractivity contribution in [2.45, 2.75) is 0 Å². The lowest BCUT2D eigenvalue weighted by Crippen LogP contribution is -2.02. The van der Waals surface area contributed by atoms with Gasteiger partial charge in [0.15, 0.2) is 23.1 Å². The molecule has 0 aliphatic rings. The molecule has 0 amide bonds. The summed E-state index contributed by atoms with van der Waals surface area (Å²) in [6.45, 7) is 0. The summed E-state index contributed by atoms with van der Waals surface area (Å²) in [5, 5.41) is 11.0. The fraction of sp³-hybridized carbons (Fsp3) is 0. The zero-order valence-corrected chi connectivity index (χ0v) is 34.7. The fourth-order valence-corrected chi connectivity index (χ4v) is 10.00. The highest BCUT2D eigenvalue weighted by Gasteiger charge is 2.24. The van der Waals surface area contributed by atoms with Gasteiger partial charge in [0.05, 0.1) is 16.7 Å². The molecule has 6 heteroatoms. The summed E-state index contributed by atoms with van der Waals surface area (Å²) < 4.78 is 15.8. The Labute approximate surface area is 371 Å². The van der Waals surface area contributed by atoms with Gasteiger partial charge in [-0.25, -0.2) is 15.0 Å². The van der Waals surface area contributed by atoms with E-state index in [9.17, 15) is 0 Å². The van der Waals surface area contributed by atoms with Gasteiger partial charge in [0.1, 0.15) is 16.7 Å². The van der Waals surface area contributed by atoms with E-state index in [0.717, 1.165) is 88.4 Å². The van der Waals surface area contributed by atoms with Crippen molar-refractivity contribution in [2.24, 2.45) is 0 Å². The molecule has 0 N–H and O–H groups in total. The zero-order valence-electron chi connectivity index (χ0n) is 34.7. The van der Waals surface area contributed by atoms with Crippen molar-refractivity contribution in [1.29, 1.82) is 0 Å². The van der Waals surface area contributed by atoms with Gasteiger partial charge >= 0.3 is 0 Å². The Morgan fingerprint density at radius 2 is 0.831 bits per heavy atom. The molecular formula is C59H34N4O2. The number of nitrogens with zero attached hydrogens (tertiary/aromatic N) is 4. The third-order valence-electron chi connectivity index (χ3n) is 13.0. The normalized spacial score (nSPS) is 12.0. The number of furan rings is 2. The van der Waals surface area contributed by atoms with E-state index in [4.69, 9.17) is 23.8 Å². The maximum Gasteiger partial charge on any atom is 0.164 e. The van der Waals surface area contributed by atoms with E-state index in [1.165, 1.54) is 32.3 Å². The molecule has 14 aromatic rings. The molecule has 0 aliphatic carbocycles. The van der Waals surface area contributed by atoms with Gasteiger partial charge in [-0.1, -0.05) is 146 Å². The number of aromatic nitrogens is 4. The molecule has 302 valence electrons. The van der Waals surface area contributed by atoms with E-state index in [-0.39, 0.29) is 0 Å². The topological polar surface area (TPSA) is 69.9 Å². The van der Waals surface area contributed by atoms with Crippen LogP contribution < -0.4 is 0 Å². The van der Waals surface area contributed by atoms with Crippen molar-refractivity contribution in [3.8, 4) is 51.0 Å². The first-order valence-electron chi connectivity index (χ1n) is 21.8. The largest absolute Gasteiger partial charge is 0.456 e. The van der Waals surface area contributed by atoms with Gasteiger partial charge in [0, 0.05) is 49.0 Å². The Balaban J connectivity index is 1.07. The summed E-state index contributed by atoms with van der Waals surface area (Å²) in [5.41, 5.74) is 11.1. The van der Waals surface area contributed by atoms with Crippen molar-refractivity contribution < 1.29 is 8.83 Å². The fourth-order valence-electron chi connectivity index (χ4n) is 10.00. The minimum Gasteiger partial charge on any atom is -0.456 e. The number of fused-ring (bicyclic) bond motifs is 11. The van der Waals surface area contributed by atoms with Crippen LogP contribution in [0.25, 0.3) is 138 Å². The van der Waals surface area contributed by atoms with E-state index in [0.29, 0.717) is 17.5 Å². The van der Waals surface area contributed by atoms with Gasteiger partial charge in [-0.2, -0.15) is 0 Å². The lowest BCUT2D eigenvalue weighted by atomic mass is 10.0. The number of benzene rings is 10. The van der Waals surface area contributed by atoms with Crippen molar-refractivity contribution in [3.63, 3.8) is 0 Å². The first-order chi connectivity index (χ1) is 32.2. The van der Waals surface area contributed by atoms with Crippen LogP contribution in [0.5, 0.6) is 0 Å². The van der Waals surface area contributed by atoms with E-state index >= 15 is 0 Å². The highest BCUT2D eigenvalue weighted by molar-refractivity contribution is 6.20. The molecule has 0 radical (unpaired) electrons. The van der Waals surface area contributed by atoms with Gasteiger partial charge in [-0.3, -0.25) is 0 Å². The Morgan fingerprint density at radius 1 is 0.323 bits per heavy atom. The summed E-state index contributed by atoms with van der Waals surface area (Å²) in [5.74, 6) is 1.67. The van der Waals surface area contributed by atoms with Crippen molar-refractivity contribution in [3.05, 3.63) is 206 Å². The van der Waals surface area contributed by atoms with Crippen LogP contribution in [0.3, 0.4) is 0 Å². The maximum atomic E-state index is 7.03. The Bertz CT molecular complexity index is 4160. The molecule has 65 heavy (non-hydrogen) atoms. The van der Waals surface area contributed by atoms with Crippen molar-refractivity contribution in [1.82, 2.24) is 19.5 Å². The number of para-hydroxylation sites is 2. The molecule has 0 saturated heterocycles. The second-order valence-electron chi connectivity index (χ2n) is 16.7. The van der Waals surface area contributed by atoms with E-state index in [1.54, 1.807) is 0 Å². The highest BCUT2D eigenvalue weighted by Crippen LogP contribution is 2.44. The lowest BCUT2D eigenvalue weighted by molar-refractivity contribution is 0.666. The van der Waals surface area contributed by atoms with Crippen molar-refractivity contribution >= 4 is 87.2 Å². The van der Waals surface area contributed by atoms with E-state index in [2.05, 4.69) is 162 Å². The van der Waals surface area contributed by atoms with Crippen LogP contribution in [-0.2, 0) is 0 Å². The van der Waals surface area contributed by atoms with Crippen LogP contribution in [-0.4, -0.2) is 19.5 Å². The van der Waals surface area contributed by atoms with Gasteiger partial charge in [-0.15, -0.1) is 0 Å². The number of rotatable bonds is 5. The number of hydrogen-bond donors (Lipinski definition) is 0. The lowest BCUT2D eigenvalue weighted by Gasteiger charge is -2.13. The molecule has 0 atom stereocenters. The summed E-state index contributed by atoms with van der Waals surface area (Å²) in [7, 11) is 0. The van der Waals surface area contributed by atoms with Crippen LogP contribution >= 0.6 is 0 Å². The molecule has 4 aromatic heterocycles. The number of hydrogen-bond acceptors (Lipinski definition) is 5. The second-order valence-corrected chi connectivity index (χ2v) is 16.7. The van der Waals surface area contributed by atoms with Crippen molar-refractivity contribution in [2.75, 3.05) is 0 Å². The second kappa shape index (κ2) is 13.8. The molecule has 14 rings (SSSR count). The smallest absolute Gasteiger partial charge is 0.164 e. The minimum absolute atomic E-state index is 0.544. The molecule has 0 unspecified atom stereocenters. The predicted molar refractivity (Wildman–Crippen MR) is 265 cm³/mol. The molecule has 0 fully saturated rings. The van der Waals surface area contributed by atoms with Gasteiger partial charge in [0.2, 0.25) is 0 Å². The monoisotopic (exact) mass is 830 g/mol. The molecule has 4 heterocycles. The van der Waals surface area contributed by atoms with Crippen LogP contribution in [0.15, 0.2) is 215 Å². The molecular weight excluding hydrogens is 797 g/mol. The standard InChI is InChI=1S/C59H34N4O2/c1-2-14-35(15-3-1)36-20-12-21-41(30-36)57-60-58(44-24-13-27-53-54(44)42-22-8-10-25-51(42)64-53)62-59(61-57)45-28-29-48(56-55(45)43-23-9-11-26-52(43)65-56)63-49-33-39-18-6-4-16-37(39)31-46(49)47-32-38-17-5-7-19-40(38)34-50(47)63/h1-34H. The summed E-state index contributed by atoms with van der Waals surface area (Å²) in [6, 6.07) is 72.1. The minimum atomic E-state index is 0.544. The Kier molecular flexibility index (Phi) is 7.59. The molecule has 0 spiro atoms. The third kappa shape index (κ3) is 5.51. The van der Waals surface area contributed by atoms with Gasteiger partial charge in [-0.05, 0) is 93.3 Å². The molecule has 0 saturated carbocycles. The average Bonchev–Trinajstić information content (AvgIpc) is 4.04. The van der Waals surface area contributed by atoms with E-state index in [1.807, 2.05) is 48.5 Å². The Hall–Kier alpha value is -8.87. The maximum absolute atomic E-state index is 7.03. The van der Waals surface area contributed by atoms with Crippen LogP contribution in [0.1, 0.15) is 0 Å². The van der Waals surface area contributed by atoms with Crippen LogP contribution in [0.4, 0.5) is 0 Å². The van der Waals surface area contributed by atoms with Gasteiger partial charge in [0.25, 0.3) is 0 Å². The summed E-state index contributed by atoms with van der Waals surface area (Å²) in [6.07, 6.45) is 0. The quantitative estimate of drug-likeness (QED) is 0.173. The highest BCUT2D eigenvalue weighted by atomic mass is 16.3. The van der Waals surface area contributed by atoms with Crippen LogP contribution in [0.2, 0.25) is 0 Å².